The van der Waals surface area contributed by atoms with E-state index in [1.807, 2.05) is 0 Å². The molecule has 0 spiro atoms. The van der Waals surface area contributed by atoms with Crippen molar-refractivity contribution >= 4 is 16.3 Å². The second-order valence-corrected chi connectivity index (χ2v) is 3.84. The summed E-state index contributed by atoms with van der Waals surface area (Å²) in [5.74, 6) is 0. The molecule has 0 fully saturated rings. The Bertz CT molecular complexity index is 61.9. The van der Waals surface area contributed by atoms with Crippen LogP contribution in [-0.2, 0) is 0 Å². The van der Waals surface area contributed by atoms with Crippen molar-refractivity contribution in [3.05, 3.63) is 0 Å². The number of rotatable bonds is 8. The Balaban J connectivity index is -0.000000500. The van der Waals surface area contributed by atoms with Gasteiger partial charge in [-0.05, 0) is 0 Å². The topological polar surface area (TPSA) is 0 Å². The van der Waals surface area contributed by atoms with Crippen molar-refractivity contribution < 1.29 is 48.0 Å². The minimum atomic E-state index is 0. The Kier molecular flexibility index (Phi) is 30.7. The van der Waals surface area contributed by atoms with Crippen molar-refractivity contribution in [2.45, 2.75) is 63.6 Å². The predicted molar refractivity (Wildman–Crippen MR) is 53.2 cm³/mol. The van der Waals surface area contributed by atoms with E-state index in [9.17, 15) is 0 Å². The van der Waals surface area contributed by atoms with Crippen LogP contribution in [-0.4, -0.2) is 16.3 Å². The van der Waals surface area contributed by atoms with Gasteiger partial charge in [0, 0.05) is 0 Å². The van der Waals surface area contributed by atoms with Gasteiger partial charge in [0.1, 0.15) is 0 Å². The first-order valence-corrected chi connectivity index (χ1v) is 5.93. The summed E-state index contributed by atoms with van der Waals surface area (Å²) in [5.41, 5.74) is 0. The molecular weight excluding hydrogens is 401 g/mol. The number of halogens is 2. The van der Waals surface area contributed by atoms with Crippen LogP contribution in [0.4, 0.5) is 0 Å². The normalized spacial score (nSPS) is 8.85. The summed E-state index contributed by atoms with van der Waals surface area (Å²) in [5, 5.41) is 1.29. The number of hydrogen-bond donors (Lipinski definition) is 0. The molecule has 0 radical (unpaired) electrons. The minimum Gasteiger partial charge on any atom is -1.00 e. The SMILES string of the molecule is CCCCCCCCC[CH2][Al+2].[I-].[I-]. The molecule has 0 N–H and O–H groups in total. The molecule has 0 aromatic rings. The van der Waals surface area contributed by atoms with Crippen molar-refractivity contribution in [1.29, 1.82) is 0 Å². The fourth-order valence-corrected chi connectivity index (χ4v) is 1.57. The van der Waals surface area contributed by atoms with Gasteiger partial charge in [-0.2, -0.15) is 0 Å². The van der Waals surface area contributed by atoms with Crippen molar-refractivity contribution in [2.24, 2.45) is 0 Å². The first-order valence-electron chi connectivity index (χ1n) is 5.12. The van der Waals surface area contributed by atoms with E-state index in [0.29, 0.717) is 0 Å². The maximum atomic E-state index is 2.79. The third kappa shape index (κ3) is 20.2. The molecule has 3 heteroatoms. The van der Waals surface area contributed by atoms with E-state index in [2.05, 4.69) is 23.2 Å². The molecule has 0 unspecified atom stereocenters. The zero-order valence-corrected chi connectivity index (χ0v) is 14.2. The average Bonchev–Trinajstić information content (AvgIpc) is 2.03. The Morgan fingerprint density at radius 2 is 1.08 bits per heavy atom. The molecule has 0 saturated carbocycles. The summed E-state index contributed by atoms with van der Waals surface area (Å²) in [4.78, 5) is 0. The quantitative estimate of drug-likeness (QED) is 0.235. The molecule has 0 rings (SSSR count). The molecule has 0 atom stereocenters. The van der Waals surface area contributed by atoms with Gasteiger partial charge in [-0.15, -0.1) is 0 Å². The van der Waals surface area contributed by atoms with Crippen molar-refractivity contribution in [3.8, 4) is 0 Å². The van der Waals surface area contributed by atoms with E-state index in [0.717, 1.165) is 0 Å². The van der Waals surface area contributed by atoms with Crippen LogP contribution in [0.5, 0.6) is 0 Å². The summed E-state index contributed by atoms with van der Waals surface area (Å²) in [6.45, 7) is 2.27. The third-order valence-electron chi connectivity index (χ3n) is 2.06. The minimum absolute atomic E-state index is 0. The molecule has 0 nitrogen and oxygen atoms in total. The summed E-state index contributed by atoms with van der Waals surface area (Å²) in [6.07, 6.45) is 11.5. The van der Waals surface area contributed by atoms with E-state index < -0.39 is 0 Å². The summed E-state index contributed by atoms with van der Waals surface area (Å²) >= 11 is 2.79. The number of unbranched alkanes of at least 4 members (excludes halogenated alkanes) is 7. The first kappa shape index (κ1) is 20.4. The van der Waals surface area contributed by atoms with Crippen LogP contribution < -0.4 is 48.0 Å². The second-order valence-electron chi connectivity index (χ2n) is 3.26. The van der Waals surface area contributed by atoms with Crippen molar-refractivity contribution in [1.82, 2.24) is 0 Å². The largest absolute Gasteiger partial charge is 1.00 e. The van der Waals surface area contributed by atoms with Crippen LogP contribution in [0.25, 0.3) is 0 Å². The van der Waals surface area contributed by atoms with Crippen LogP contribution in [0.1, 0.15) is 58.3 Å². The fourth-order valence-electron chi connectivity index (χ4n) is 1.28. The van der Waals surface area contributed by atoms with E-state index >= 15 is 0 Å². The van der Waals surface area contributed by atoms with Gasteiger partial charge in [0.15, 0.2) is 0 Å². The Morgan fingerprint density at radius 3 is 1.46 bits per heavy atom. The van der Waals surface area contributed by atoms with Gasteiger partial charge in [0.2, 0.25) is 0 Å². The van der Waals surface area contributed by atoms with E-state index in [-0.39, 0.29) is 48.0 Å². The summed E-state index contributed by atoms with van der Waals surface area (Å²) in [6, 6.07) is 0. The second kappa shape index (κ2) is 19.5. The average molecular weight is 422 g/mol. The summed E-state index contributed by atoms with van der Waals surface area (Å²) < 4.78 is 0. The molecule has 0 bridgehead atoms. The Hall–Kier alpha value is 1.99. The Labute approximate surface area is 126 Å². The van der Waals surface area contributed by atoms with E-state index in [4.69, 9.17) is 0 Å². The molecule has 78 valence electrons. The molecule has 0 aliphatic carbocycles. The Morgan fingerprint density at radius 1 is 0.692 bits per heavy atom. The van der Waals surface area contributed by atoms with Crippen molar-refractivity contribution in [2.75, 3.05) is 0 Å². The number of hydrogen-bond acceptors (Lipinski definition) is 0. The van der Waals surface area contributed by atoms with Crippen LogP contribution in [0.3, 0.4) is 0 Å². The monoisotopic (exact) mass is 422 g/mol. The molecule has 0 saturated heterocycles. The maximum Gasteiger partial charge on any atom is -1.00 e. The van der Waals surface area contributed by atoms with Crippen LogP contribution >= 0.6 is 0 Å². The van der Waals surface area contributed by atoms with Gasteiger partial charge in [0.05, 0.1) is 0 Å². The zero-order valence-electron chi connectivity index (χ0n) is 8.70. The standard InChI is InChI=1S/C10H21.Al.2HI/c1-3-5-7-9-10-8-6-4-2;;;/h1,3-10H2,2H3;;2*1H/q;+2;;/p-2. The molecular formula is C10H21AlI2. The molecule has 0 heterocycles. The fraction of sp³-hybridized carbons (Fsp3) is 1.00. The molecule has 0 aromatic carbocycles. The van der Waals surface area contributed by atoms with Gasteiger partial charge >= 0.3 is 79.9 Å². The molecule has 13 heavy (non-hydrogen) atoms. The molecule has 0 aliphatic rings. The van der Waals surface area contributed by atoms with Gasteiger partial charge in [-0.3, -0.25) is 0 Å². The first-order chi connectivity index (χ1) is 5.41. The van der Waals surface area contributed by atoms with Gasteiger partial charge in [0.25, 0.3) is 0 Å². The summed E-state index contributed by atoms with van der Waals surface area (Å²) in [7, 11) is 0. The van der Waals surface area contributed by atoms with Crippen LogP contribution in [0.2, 0.25) is 5.28 Å². The predicted octanol–water partition coefficient (Wildman–Crippen LogP) is -2.28. The van der Waals surface area contributed by atoms with E-state index in [1.165, 1.54) is 56.6 Å². The van der Waals surface area contributed by atoms with Crippen LogP contribution in [0.15, 0.2) is 0 Å². The molecule has 0 aromatic heterocycles. The zero-order chi connectivity index (χ0) is 8.36. The third-order valence-corrected chi connectivity index (χ3v) is 2.47. The van der Waals surface area contributed by atoms with Gasteiger partial charge in [-0.1, -0.05) is 0 Å². The van der Waals surface area contributed by atoms with Gasteiger partial charge in [-0.25, -0.2) is 0 Å². The van der Waals surface area contributed by atoms with Crippen molar-refractivity contribution in [3.63, 3.8) is 0 Å². The van der Waals surface area contributed by atoms with E-state index in [1.54, 1.807) is 0 Å². The van der Waals surface area contributed by atoms with Crippen LogP contribution in [0, 0.1) is 0 Å². The smallest absolute Gasteiger partial charge is 1.00 e. The maximum absolute atomic E-state index is 2.79. The molecule has 0 amide bonds. The van der Waals surface area contributed by atoms with Gasteiger partial charge < -0.3 is 48.0 Å². The molecule has 0 aliphatic heterocycles.